The number of halogens is 1. The number of rotatable bonds is 3. The first-order valence-electron chi connectivity index (χ1n) is 6.62. The molecule has 1 saturated heterocycles. The van der Waals surface area contributed by atoms with E-state index in [0.717, 1.165) is 38.2 Å². The molecule has 2 rings (SSSR count). The molecule has 0 spiro atoms. The summed E-state index contributed by atoms with van der Waals surface area (Å²) < 4.78 is 13.8. The number of likely N-dealkylation sites (N-methyl/N-ethyl adjacent to an activating group) is 1. The van der Waals surface area contributed by atoms with Crippen LogP contribution in [0.25, 0.3) is 0 Å². The van der Waals surface area contributed by atoms with Gasteiger partial charge in [-0.15, -0.1) is 0 Å². The predicted octanol–water partition coefficient (Wildman–Crippen LogP) is 1.69. The van der Waals surface area contributed by atoms with Gasteiger partial charge in [-0.05, 0) is 45.1 Å². The van der Waals surface area contributed by atoms with Crippen molar-refractivity contribution >= 4 is 5.69 Å². The number of benzene rings is 1. The summed E-state index contributed by atoms with van der Waals surface area (Å²) in [6.07, 6.45) is 2.02. The fraction of sp³-hybridized carbons (Fsp3) is 0.571. The van der Waals surface area contributed by atoms with Crippen LogP contribution in [0.1, 0.15) is 12.8 Å². The van der Waals surface area contributed by atoms with Gasteiger partial charge in [-0.25, -0.2) is 4.39 Å². The van der Waals surface area contributed by atoms with E-state index in [-0.39, 0.29) is 5.82 Å². The lowest BCUT2D eigenvalue weighted by molar-refractivity contribution is 0.251. The Balaban J connectivity index is 2.15. The zero-order valence-electron chi connectivity index (χ0n) is 11.0. The molecule has 0 radical (unpaired) electrons. The van der Waals surface area contributed by atoms with E-state index in [2.05, 4.69) is 16.8 Å². The summed E-state index contributed by atoms with van der Waals surface area (Å²) in [5.41, 5.74) is 6.38. The second-order valence-electron chi connectivity index (χ2n) is 4.96. The Hall–Kier alpha value is -1.13. The van der Waals surface area contributed by atoms with Gasteiger partial charge in [0.05, 0.1) is 5.69 Å². The molecule has 100 valence electrons. The molecule has 0 aromatic heterocycles. The van der Waals surface area contributed by atoms with Crippen LogP contribution in [0.15, 0.2) is 24.3 Å². The highest BCUT2D eigenvalue weighted by atomic mass is 19.1. The molecule has 2 N–H and O–H groups in total. The molecule has 18 heavy (non-hydrogen) atoms. The Kier molecular flexibility index (Phi) is 4.55. The molecule has 0 bridgehead atoms. The summed E-state index contributed by atoms with van der Waals surface area (Å²) in [6, 6.07) is 7.43. The number of nitrogens with zero attached hydrogens (tertiary/aromatic N) is 2. The molecule has 0 saturated carbocycles. The Bertz CT molecular complexity index is 383. The van der Waals surface area contributed by atoms with Gasteiger partial charge in [0.1, 0.15) is 5.82 Å². The van der Waals surface area contributed by atoms with Crippen molar-refractivity contribution in [2.24, 2.45) is 5.73 Å². The number of hydrogen-bond donors (Lipinski definition) is 1. The average Bonchev–Trinajstić information content (AvgIpc) is 2.54. The van der Waals surface area contributed by atoms with Crippen molar-refractivity contribution in [3.63, 3.8) is 0 Å². The average molecular weight is 251 g/mol. The number of anilines is 1. The monoisotopic (exact) mass is 251 g/mol. The van der Waals surface area contributed by atoms with E-state index in [1.165, 1.54) is 6.07 Å². The van der Waals surface area contributed by atoms with Crippen molar-refractivity contribution in [2.45, 2.75) is 18.9 Å². The maximum absolute atomic E-state index is 13.8. The minimum absolute atomic E-state index is 0.131. The summed E-state index contributed by atoms with van der Waals surface area (Å²) in [5.74, 6) is -0.131. The van der Waals surface area contributed by atoms with Crippen molar-refractivity contribution in [3.8, 4) is 0 Å². The topological polar surface area (TPSA) is 32.5 Å². The molecule has 1 unspecified atom stereocenters. The van der Waals surface area contributed by atoms with Crippen molar-refractivity contribution in [1.82, 2.24) is 4.90 Å². The molecule has 3 nitrogen and oxygen atoms in total. The van der Waals surface area contributed by atoms with Crippen LogP contribution in [-0.4, -0.2) is 44.2 Å². The zero-order chi connectivity index (χ0) is 13.0. The lowest BCUT2D eigenvalue weighted by Crippen LogP contribution is -2.40. The third-order valence-electron chi connectivity index (χ3n) is 3.69. The first-order valence-corrected chi connectivity index (χ1v) is 6.62. The molecule has 4 heteroatoms. The SMILES string of the molecule is CN1CCCN(c2ccccc2F)CC1CCN. The summed E-state index contributed by atoms with van der Waals surface area (Å²) in [4.78, 5) is 4.49. The Morgan fingerprint density at radius 2 is 2.11 bits per heavy atom. The van der Waals surface area contributed by atoms with Gasteiger partial charge in [0.25, 0.3) is 0 Å². The third kappa shape index (κ3) is 3.00. The zero-order valence-corrected chi connectivity index (χ0v) is 11.0. The van der Waals surface area contributed by atoms with E-state index in [9.17, 15) is 4.39 Å². The Morgan fingerprint density at radius 1 is 1.33 bits per heavy atom. The van der Waals surface area contributed by atoms with Crippen molar-refractivity contribution in [1.29, 1.82) is 0 Å². The van der Waals surface area contributed by atoms with Crippen LogP contribution in [-0.2, 0) is 0 Å². The molecule has 1 aromatic rings. The van der Waals surface area contributed by atoms with Gasteiger partial charge in [-0.3, -0.25) is 0 Å². The highest BCUT2D eigenvalue weighted by molar-refractivity contribution is 5.47. The van der Waals surface area contributed by atoms with Gasteiger partial charge in [-0.1, -0.05) is 12.1 Å². The lowest BCUT2D eigenvalue weighted by Gasteiger charge is -2.30. The molecule has 1 aliphatic rings. The van der Waals surface area contributed by atoms with Crippen molar-refractivity contribution in [2.75, 3.05) is 38.1 Å². The van der Waals surface area contributed by atoms with Crippen LogP contribution in [0.4, 0.5) is 10.1 Å². The maximum atomic E-state index is 13.8. The van der Waals surface area contributed by atoms with Crippen LogP contribution >= 0.6 is 0 Å². The molecular weight excluding hydrogens is 229 g/mol. The summed E-state index contributed by atoms with van der Waals surface area (Å²) in [6.45, 7) is 3.50. The Labute approximate surface area is 108 Å². The third-order valence-corrected chi connectivity index (χ3v) is 3.69. The van der Waals surface area contributed by atoms with E-state index in [1.54, 1.807) is 6.07 Å². The standard InChI is InChI=1S/C14H22FN3/c1-17-9-4-10-18(11-12(17)7-8-16)14-6-3-2-5-13(14)15/h2-3,5-6,12H,4,7-11,16H2,1H3. The van der Waals surface area contributed by atoms with Gasteiger partial charge in [0.15, 0.2) is 0 Å². The van der Waals surface area contributed by atoms with Crippen molar-refractivity contribution < 1.29 is 4.39 Å². The van der Waals surface area contributed by atoms with E-state index in [4.69, 9.17) is 5.73 Å². The van der Waals surface area contributed by atoms with Crippen LogP contribution in [0.2, 0.25) is 0 Å². The fourth-order valence-corrected chi connectivity index (χ4v) is 2.61. The quantitative estimate of drug-likeness (QED) is 0.887. The van der Waals surface area contributed by atoms with E-state index in [1.807, 2.05) is 12.1 Å². The van der Waals surface area contributed by atoms with E-state index >= 15 is 0 Å². The van der Waals surface area contributed by atoms with Gasteiger partial charge < -0.3 is 15.5 Å². The van der Waals surface area contributed by atoms with Gasteiger partial charge in [-0.2, -0.15) is 0 Å². The second-order valence-corrected chi connectivity index (χ2v) is 4.96. The van der Waals surface area contributed by atoms with E-state index < -0.39 is 0 Å². The highest BCUT2D eigenvalue weighted by Crippen LogP contribution is 2.22. The summed E-state index contributed by atoms with van der Waals surface area (Å²) in [5, 5.41) is 0. The summed E-state index contributed by atoms with van der Waals surface area (Å²) in [7, 11) is 2.13. The Morgan fingerprint density at radius 3 is 2.83 bits per heavy atom. The van der Waals surface area contributed by atoms with Crippen LogP contribution < -0.4 is 10.6 Å². The highest BCUT2D eigenvalue weighted by Gasteiger charge is 2.23. The first-order chi connectivity index (χ1) is 8.72. The van der Waals surface area contributed by atoms with Gasteiger partial charge in [0.2, 0.25) is 0 Å². The lowest BCUT2D eigenvalue weighted by atomic mass is 10.1. The summed E-state index contributed by atoms with van der Waals surface area (Å²) >= 11 is 0. The molecule has 1 fully saturated rings. The largest absolute Gasteiger partial charge is 0.368 e. The minimum Gasteiger partial charge on any atom is -0.368 e. The number of para-hydroxylation sites is 1. The molecule has 1 atom stereocenters. The molecule has 1 aliphatic heterocycles. The van der Waals surface area contributed by atoms with Crippen LogP contribution in [0.3, 0.4) is 0 Å². The predicted molar refractivity (Wildman–Crippen MR) is 73.3 cm³/mol. The molecule has 0 aliphatic carbocycles. The number of nitrogens with two attached hydrogens (primary N) is 1. The van der Waals surface area contributed by atoms with Gasteiger partial charge in [0, 0.05) is 19.1 Å². The smallest absolute Gasteiger partial charge is 0.146 e. The van der Waals surface area contributed by atoms with E-state index in [0.29, 0.717) is 12.6 Å². The minimum atomic E-state index is -0.131. The number of hydrogen-bond acceptors (Lipinski definition) is 3. The second kappa shape index (κ2) is 6.16. The van der Waals surface area contributed by atoms with Crippen molar-refractivity contribution in [3.05, 3.63) is 30.1 Å². The van der Waals surface area contributed by atoms with Gasteiger partial charge >= 0.3 is 0 Å². The molecule has 1 aromatic carbocycles. The normalized spacial score (nSPS) is 21.9. The fourth-order valence-electron chi connectivity index (χ4n) is 2.61. The molecular formula is C14H22FN3. The van der Waals surface area contributed by atoms with Crippen LogP contribution in [0, 0.1) is 5.82 Å². The first kappa shape index (κ1) is 13.3. The maximum Gasteiger partial charge on any atom is 0.146 e. The molecule has 1 heterocycles. The molecule has 0 amide bonds. The van der Waals surface area contributed by atoms with Crippen LogP contribution in [0.5, 0.6) is 0 Å².